The number of halogens is 1. The zero-order valence-corrected chi connectivity index (χ0v) is 19.9. The lowest BCUT2D eigenvalue weighted by Gasteiger charge is -2.29. The maximum absolute atomic E-state index is 13.7. The standard InChI is InChI=1S/C27H29ClN4O/c1-17(32-20(15-29)12-18-13-25(18)32)16-30-10-11-31-24-7-5-4-6-23(24)27(2,3)22-9-8-19(28)14-21(22)26(31)33/h4-9,14,18,20,25,30H,1,10-13,16H2,2-3H3/t18-,20?,25+/m1/s1. The molecule has 0 radical (unpaired) electrons. The SMILES string of the molecule is C=C(CNCCN1C(=O)c2cc(Cl)ccc2C(C)(C)c2ccccc21)N1C(C#N)C[C@@H]2C[C@@H]21. The summed E-state index contributed by atoms with van der Waals surface area (Å²) in [4.78, 5) is 17.7. The van der Waals surface area contributed by atoms with Gasteiger partial charge in [-0.05, 0) is 48.1 Å². The fraction of sp³-hybridized carbons (Fsp3) is 0.407. The van der Waals surface area contributed by atoms with Gasteiger partial charge in [0.15, 0.2) is 0 Å². The minimum Gasteiger partial charge on any atom is -0.355 e. The molecule has 2 heterocycles. The minimum absolute atomic E-state index is 0.0314. The van der Waals surface area contributed by atoms with E-state index >= 15 is 0 Å². The number of rotatable bonds is 6. The Morgan fingerprint density at radius 3 is 2.82 bits per heavy atom. The molecule has 170 valence electrons. The van der Waals surface area contributed by atoms with Gasteiger partial charge in [-0.25, -0.2) is 0 Å². The van der Waals surface area contributed by atoms with Crippen LogP contribution in [0.15, 0.2) is 54.7 Å². The van der Waals surface area contributed by atoms with E-state index < -0.39 is 0 Å². The van der Waals surface area contributed by atoms with Crippen molar-refractivity contribution >= 4 is 23.2 Å². The summed E-state index contributed by atoms with van der Waals surface area (Å²) in [5.41, 5.74) is 4.34. The lowest BCUT2D eigenvalue weighted by atomic mass is 9.76. The van der Waals surface area contributed by atoms with Crippen molar-refractivity contribution in [3.8, 4) is 6.07 Å². The number of piperidine rings is 1. The number of anilines is 1. The summed E-state index contributed by atoms with van der Waals surface area (Å²) in [7, 11) is 0. The van der Waals surface area contributed by atoms with Crippen molar-refractivity contribution in [1.29, 1.82) is 5.26 Å². The molecule has 0 bridgehead atoms. The van der Waals surface area contributed by atoms with Gasteiger partial charge in [-0.3, -0.25) is 4.79 Å². The van der Waals surface area contributed by atoms with E-state index in [1.54, 1.807) is 6.07 Å². The Labute approximate surface area is 200 Å². The van der Waals surface area contributed by atoms with Gasteiger partial charge in [-0.1, -0.05) is 56.3 Å². The first kappa shape index (κ1) is 22.0. The number of fused-ring (bicyclic) bond motifs is 3. The van der Waals surface area contributed by atoms with Crippen molar-refractivity contribution in [2.75, 3.05) is 24.5 Å². The van der Waals surface area contributed by atoms with Crippen LogP contribution in [-0.4, -0.2) is 42.5 Å². The largest absolute Gasteiger partial charge is 0.355 e. The fourth-order valence-corrected chi connectivity index (χ4v) is 5.81. The van der Waals surface area contributed by atoms with Gasteiger partial charge in [0.25, 0.3) is 5.91 Å². The summed E-state index contributed by atoms with van der Waals surface area (Å²) in [6, 6.07) is 16.6. The summed E-state index contributed by atoms with van der Waals surface area (Å²) in [5.74, 6) is 0.629. The molecule has 1 amide bonds. The number of hydrogen-bond acceptors (Lipinski definition) is 4. The molecule has 1 aliphatic carbocycles. The summed E-state index contributed by atoms with van der Waals surface area (Å²) >= 11 is 6.29. The quantitative estimate of drug-likeness (QED) is 0.634. The van der Waals surface area contributed by atoms with Crippen LogP contribution in [0.3, 0.4) is 0 Å². The Hall–Kier alpha value is -2.81. The summed E-state index contributed by atoms with van der Waals surface area (Å²) < 4.78 is 0. The fourth-order valence-electron chi connectivity index (χ4n) is 5.64. The first-order valence-electron chi connectivity index (χ1n) is 11.6. The van der Waals surface area contributed by atoms with E-state index in [2.05, 4.69) is 42.8 Å². The molecule has 6 heteroatoms. The van der Waals surface area contributed by atoms with Crippen molar-refractivity contribution in [1.82, 2.24) is 10.2 Å². The van der Waals surface area contributed by atoms with E-state index in [0.29, 0.717) is 42.2 Å². The number of hydrogen-bond donors (Lipinski definition) is 1. The van der Waals surface area contributed by atoms with Crippen molar-refractivity contribution < 1.29 is 4.79 Å². The average molecular weight is 461 g/mol. The van der Waals surface area contributed by atoms with Crippen LogP contribution < -0.4 is 10.2 Å². The highest BCUT2D eigenvalue weighted by atomic mass is 35.5. The Kier molecular flexibility index (Phi) is 5.47. The van der Waals surface area contributed by atoms with E-state index in [1.165, 1.54) is 6.42 Å². The molecule has 1 unspecified atom stereocenters. The molecule has 2 aromatic carbocycles. The molecule has 5 nitrogen and oxygen atoms in total. The number of para-hydroxylation sites is 1. The lowest BCUT2D eigenvalue weighted by molar-refractivity contribution is 0.0986. The van der Waals surface area contributed by atoms with Crippen LogP contribution >= 0.6 is 11.6 Å². The average Bonchev–Trinajstić information content (AvgIpc) is 3.48. The maximum atomic E-state index is 13.7. The maximum Gasteiger partial charge on any atom is 0.258 e. The van der Waals surface area contributed by atoms with Gasteiger partial charge in [0.2, 0.25) is 0 Å². The number of carbonyl (C=O) groups is 1. The Bertz CT molecular complexity index is 1170. The highest BCUT2D eigenvalue weighted by Gasteiger charge is 2.52. The molecular formula is C27H29ClN4O. The Morgan fingerprint density at radius 2 is 2.03 bits per heavy atom. The third-order valence-electron chi connectivity index (χ3n) is 7.46. The van der Waals surface area contributed by atoms with Crippen LogP contribution in [0.2, 0.25) is 5.02 Å². The van der Waals surface area contributed by atoms with E-state index in [1.807, 2.05) is 35.2 Å². The molecule has 5 rings (SSSR count). The summed E-state index contributed by atoms with van der Waals surface area (Å²) in [5, 5.41) is 13.5. The smallest absolute Gasteiger partial charge is 0.258 e. The van der Waals surface area contributed by atoms with Gasteiger partial charge >= 0.3 is 0 Å². The first-order valence-corrected chi connectivity index (χ1v) is 12.0. The van der Waals surface area contributed by atoms with Crippen LogP contribution in [0.1, 0.15) is 48.2 Å². The van der Waals surface area contributed by atoms with E-state index in [4.69, 9.17) is 11.6 Å². The van der Waals surface area contributed by atoms with Gasteiger partial charge in [-0.2, -0.15) is 5.26 Å². The first-order chi connectivity index (χ1) is 15.8. The van der Waals surface area contributed by atoms with Gasteiger partial charge < -0.3 is 15.1 Å². The van der Waals surface area contributed by atoms with Crippen LogP contribution in [0.5, 0.6) is 0 Å². The Balaban J connectivity index is 1.34. The molecule has 2 aliphatic heterocycles. The zero-order chi connectivity index (χ0) is 23.3. The second kappa shape index (κ2) is 8.20. The molecule has 1 saturated carbocycles. The van der Waals surface area contributed by atoms with Crippen molar-refractivity contribution in [3.05, 3.63) is 76.5 Å². The predicted octanol–water partition coefficient (Wildman–Crippen LogP) is 4.72. The molecule has 0 spiro atoms. The number of nitriles is 1. The molecule has 3 aliphatic rings. The minimum atomic E-state index is -0.328. The second-order valence-electron chi connectivity index (χ2n) is 9.88. The molecule has 0 aromatic heterocycles. The number of nitrogens with zero attached hydrogens (tertiary/aromatic N) is 3. The number of likely N-dealkylation sites (tertiary alicyclic amines) is 1. The van der Waals surface area contributed by atoms with Gasteiger partial charge in [0.1, 0.15) is 6.04 Å². The van der Waals surface area contributed by atoms with Gasteiger partial charge in [0.05, 0.1) is 6.07 Å². The van der Waals surface area contributed by atoms with Crippen LogP contribution in [-0.2, 0) is 5.41 Å². The molecule has 1 N–H and O–H groups in total. The Morgan fingerprint density at radius 1 is 1.24 bits per heavy atom. The third-order valence-corrected chi connectivity index (χ3v) is 7.69. The van der Waals surface area contributed by atoms with E-state index in [0.717, 1.165) is 28.9 Å². The van der Waals surface area contributed by atoms with Crippen molar-refractivity contribution in [2.24, 2.45) is 5.92 Å². The molecular weight excluding hydrogens is 432 g/mol. The zero-order valence-electron chi connectivity index (χ0n) is 19.1. The number of amides is 1. The monoisotopic (exact) mass is 460 g/mol. The number of nitrogens with one attached hydrogen (secondary N) is 1. The predicted molar refractivity (Wildman–Crippen MR) is 131 cm³/mol. The molecule has 33 heavy (non-hydrogen) atoms. The third kappa shape index (κ3) is 3.72. The van der Waals surface area contributed by atoms with Crippen molar-refractivity contribution in [3.63, 3.8) is 0 Å². The molecule has 2 fully saturated rings. The van der Waals surface area contributed by atoms with Gasteiger partial charge in [0, 0.05) is 53.1 Å². The molecule has 1 saturated heterocycles. The second-order valence-corrected chi connectivity index (χ2v) is 10.3. The highest BCUT2D eigenvalue weighted by Crippen LogP contribution is 2.49. The van der Waals surface area contributed by atoms with Crippen LogP contribution in [0, 0.1) is 17.2 Å². The van der Waals surface area contributed by atoms with Crippen LogP contribution in [0.25, 0.3) is 0 Å². The van der Waals surface area contributed by atoms with Crippen molar-refractivity contribution in [2.45, 2.75) is 44.2 Å². The van der Waals surface area contributed by atoms with E-state index in [9.17, 15) is 10.1 Å². The molecule has 2 aromatic rings. The topological polar surface area (TPSA) is 59.4 Å². The summed E-state index contributed by atoms with van der Waals surface area (Å²) in [6.45, 7) is 10.3. The molecule has 3 atom stereocenters. The van der Waals surface area contributed by atoms with Crippen LogP contribution in [0.4, 0.5) is 5.69 Å². The summed E-state index contributed by atoms with van der Waals surface area (Å²) in [6.07, 6.45) is 2.13. The van der Waals surface area contributed by atoms with E-state index in [-0.39, 0.29) is 17.4 Å². The number of carbonyl (C=O) groups excluding carboxylic acids is 1. The van der Waals surface area contributed by atoms with Gasteiger partial charge in [-0.15, -0.1) is 0 Å². The lowest BCUT2D eigenvalue weighted by Crippen LogP contribution is -2.40. The normalized spacial score (nSPS) is 24.4. The number of benzene rings is 2. The highest BCUT2D eigenvalue weighted by molar-refractivity contribution is 6.31.